The molecule has 0 atom stereocenters. The van der Waals surface area contributed by atoms with Gasteiger partial charge in [-0.1, -0.05) is 11.6 Å². The molecule has 0 aliphatic heterocycles. The van der Waals surface area contributed by atoms with E-state index in [4.69, 9.17) is 22.1 Å². The lowest BCUT2D eigenvalue weighted by atomic mass is 10.2. The first-order valence-electron chi connectivity index (χ1n) is 4.41. The molecule has 0 saturated heterocycles. The van der Waals surface area contributed by atoms with Crippen LogP contribution in [0.1, 0.15) is 5.56 Å². The number of halogens is 1. The van der Waals surface area contributed by atoms with Crippen molar-refractivity contribution in [3.05, 3.63) is 22.7 Å². The fraction of sp³-hybridized carbons (Fsp3) is 0.300. The lowest BCUT2D eigenvalue weighted by Gasteiger charge is -2.12. The minimum Gasteiger partial charge on any atom is -0.494 e. The quantitative estimate of drug-likeness (QED) is 0.822. The summed E-state index contributed by atoms with van der Waals surface area (Å²) in [5.74, 6) is 0.232. The molecule has 3 N–H and O–H groups in total. The van der Waals surface area contributed by atoms with E-state index >= 15 is 0 Å². The molecule has 0 fully saturated rings. The van der Waals surface area contributed by atoms with E-state index in [1.54, 1.807) is 19.2 Å². The van der Waals surface area contributed by atoms with Crippen LogP contribution in [0.25, 0.3) is 0 Å². The van der Waals surface area contributed by atoms with Crippen molar-refractivity contribution in [2.45, 2.75) is 6.92 Å². The van der Waals surface area contributed by atoms with Gasteiger partial charge in [-0.3, -0.25) is 4.79 Å². The molecule has 0 bridgehead atoms. The number of hydrogen-bond donors (Lipinski definition) is 2. The molecule has 0 unspecified atom stereocenters. The van der Waals surface area contributed by atoms with Crippen LogP contribution < -0.4 is 15.8 Å². The summed E-state index contributed by atoms with van der Waals surface area (Å²) in [5, 5.41) is 3.44. The highest BCUT2D eigenvalue weighted by Gasteiger charge is 2.08. The molecule has 0 aromatic heterocycles. The Morgan fingerprint density at radius 3 is 2.80 bits per heavy atom. The summed E-state index contributed by atoms with van der Waals surface area (Å²) in [6.45, 7) is 1.93. The van der Waals surface area contributed by atoms with Crippen molar-refractivity contribution in [1.82, 2.24) is 0 Å². The van der Waals surface area contributed by atoms with E-state index in [-0.39, 0.29) is 6.54 Å². The van der Waals surface area contributed by atoms with Crippen molar-refractivity contribution in [1.29, 1.82) is 0 Å². The maximum atomic E-state index is 10.6. The zero-order chi connectivity index (χ0) is 11.4. The third-order valence-corrected chi connectivity index (χ3v) is 2.11. The molecule has 0 spiro atoms. The highest BCUT2D eigenvalue weighted by molar-refractivity contribution is 6.31. The lowest BCUT2D eigenvalue weighted by Crippen LogP contribution is -2.22. The molecule has 0 saturated carbocycles. The maximum absolute atomic E-state index is 10.6. The minimum absolute atomic E-state index is 0.0517. The Morgan fingerprint density at radius 1 is 1.60 bits per heavy atom. The van der Waals surface area contributed by atoms with Gasteiger partial charge in [0.15, 0.2) is 0 Å². The van der Waals surface area contributed by atoms with E-state index < -0.39 is 5.91 Å². The monoisotopic (exact) mass is 228 g/mol. The van der Waals surface area contributed by atoms with Crippen LogP contribution in [0, 0.1) is 6.92 Å². The molecular formula is C10H13ClN2O2. The Labute approximate surface area is 93.4 Å². The van der Waals surface area contributed by atoms with Crippen molar-refractivity contribution in [2.24, 2.45) is 5.73 Å². The number of rotatable bonds is 4. The second-order valence-corrected chi connectivity index (χ2v) is 3.56. The van der Waals surface area contributed by atoms with Crippen LogP contribution in [0.4, 0.5) is 5.69 Å². The van der Waals surface area contributed by atoms with Gasteiger partial charge in [-0.05, 0) is 24.6 Å². The van der Waals surface area contributed by atoms with E-state index in [0.717, 1.165) is 5.56 Å². The molecule has 15 heavy (non-hydrogen) atoms. The van der Waals surface area contributed by atoms with Crippen molar-refractivity contribution in [2.75, 3.05) is 19.0 Å². The predicted molar refractivity (Wildman–Crippen MR) is 60.4 cm³/mol. The number of nitrogens with two attached hydrogens (primary N) is 1. The van der Waals surface area contributed by atoms with Gasteiger partial charge >= 0.3 is 0 Å². The molecule has 1 rings (SSSR count). The Kier molecular flexibility index (Phi) is 3.80. The van der Waals surface area contributed by atoms with Gasteiger partial charge in [0.2, 0.25) is 5.91 Å². The van der Waals surface area contributed by atoms with Gasteiger partial charge in [-0.25, -0.2) is 0 Å². The number of amides is 1. The summed E-state index contributed by atoms with van der Waals surface area (Å²) in [6, 6.07) is 3.48. The van der Waals surface area contributed by atoms with Crippen LogP contribution in [0.15, 0.2) is 12.1 Å². The molecule has 0 radical (unpaired) electrons. The number of aryl methyl sites for hydroxylation is 1. The third-order valence-electron chi connectivity index (χ3n) is 1.90. The zero-order valence-electron chi connectivity index (χ0n) is 8.63. The first-order chi connectivity index (χ1) is 7.04. The van der Waals surface area contributed by atoms with Crippen LogP contribution in [-0.4, -0.2) is 19.6 Å². The van der Waals surface area contributed by atoms with Gasteiger partial charge in [0.05, 0.1) is 19.3 Å². The van der Waals surface area contributed by atoms with E-state index in [1.807, 2.05) is 6.92 Å². The number of carbonyl (C=O) groups is 1. The van der Waals surface area contributed by atoms with Gasteiger partial charge in [0.25, 0.3) is 0 Å². The fourth-order valence-corrected chi connectivity index (χ4v) is 1.59. The summed E-state index contributed by atoms with van der Waals surface area (Å²) in [4.78, 5) is 10.6. The molecular weight excluding hydrogens is 216 g/mol. The van der Waals surface area contributed by atoms with Crippen LogP contribution in [0.3, 0.4) is 0 Å². The minimum atomic E-state index is -0.435. The Hall–Kier alpha value is -1.42. The van der Waals surface area contributed by atoms with Gasteiger partial charge in [-0.2, -0.15) is 0 Å². The first-order valence-corrected chi connectivity index (χ1v) is 4.78. The number of primary amides is 1. The topological polar surface area (TPSA) is 64.3 Å². The second-order valence-electron chi connectivity index (χ2n) is 3.12. The molecule has 4 nitrogen and oxygen atoms in total. The van der Waals surface area contributed by atoms with Crippen LogP contribution in [-0.2, 0) is 4.79 Å². The van der Waals surface area contributed by atoms with E-state index in [1.165, 1.54) is 0 Å². The number of carbonyl (C=O) groups excluding carboxylic acids is 1. The summed E-state index contributed by atoms with van der Waals surface area (Å²) >= 11 is 5.88. The smallest absolute Gasteiger partial charge is 0.236 e. The van der Waals surface area contributed by atoms with Crippen molar-refractivity contribution < 1.29 is 9.53 Å². The van der Waals surface area contributed by atoms with Crippen molar-refractivity contribution in [3.63, 3.8) is 0 Å². The van der Waals surface area contributed by atoms with Crippen molar-refractivity contribution >= 4 is 23.2 Å². The van der Waals surface area contributed by atoms with Crippen LogP contribution in [0.2, 0.25) is 5.02 Å². The van der Waals surface area contributed by atoms with Gasteiger partial charge < -0.3 is 15.8 Å². The third kappa shape index (κ3) is 3.02. The molecule has 1 aromatic carbocycles. The van der Waals surface area contributed by atoms with E-state index in [2.05, 4.69) is 5.32 Å². The zero-order valence-corrected chi connectivity index (χ0v) is 9.39. The Morgan fingerprint density at radius 2 is 2.27 bits per heavy atom. The molecule has 0 aliphatic carbocycles. The molecule has 1 aromatic rings. The largest absolute Gasteiger partial charge is 0.494 e. The predicted octanol–water partition coefficient (Wildman–Crippen LogP) is 1.55. The summed E-state index contributed by atoms with van der Waals surface area (Å²) in [5.41, 5.74) is 6.60. The molecule has 5 heteroatoms. The summed E-state index contributed by atoms with van der Waals surface area (Å²) in [7, 11) is 1.56. The van der Waals surface area contributed by atoms with Crippen molar-refractivity contribution in [3.8, 4) is 5.75 Å². The van der Waals surface area contributed by atoms with Crippen LogP contribution in [0.5, 0.6) is 5.75 Å². The maximum Gasteiger partial charge on any atom is 0.236 e. The average Bonchev–Trinajstić information content (AvgIpc) is 2.13. The Bertz CT molecular complexity index is 380. The SMILES string of the molecule is COc1c(C)cc(Cl)cc1NCC(N)=O. The van der Waals surface area contributed by atoms with E-state index in [0.29, 0.717) is 16.5 Å². The van der Waals surface area contributed by atoms with Crippen LogP contribution >= 0.6 is 11.6 Å². The summed E-state index contributed by atoms with van der Waals surface area (Å²) in [6.07, 6.45) is 0. The van der Waals surface area contributed by atoms with Gasteiger partial charge in [-0.15, -0.1) is 0 Å². The second kappa shape index (κ2) is 4.89. The number of anilines is 1. The molecule has 0 aliphatic rings. The van der Waals surface area contributed by atoms with Gasteiger partial charge in [0.1, 0.15) is 5.75 Å². The van der Waals surface area contributed by atoms with E-state index in [9.17, 15) is 4.79 Å². The first kappa shape index (κ1) is 11.7. The number of benzene rings is 1. The number of ether oxygens (including phenoxy) is 1. The highest BCUT2D eigenvalue weighted by Crippen LogP contribution is 2.31. The molecule has 82 valence electrons. The number of hydrogen-bond acceptors (Lipinski definition) is 3. The highest BCUT2D eigenvalue weighted by atomic mass is 35.5. The average molecular weight is 229 g/mol. The lowest BCUT2D eigenvalue weighted by molar-refractivity contribution is -0.116. The molecule has 0 heterocycles. The van der Waals surface area contributed by atoms with Gasteiger partial charge in [0, 0.05) is 5.02 Å². The normalized spacial score (nSPS) is 9.80. The Balaban J connectivity index is 2.98. The fourth-order valence-electron chi connectivity index (χ4n) is 1.31. The summed E-state index contributed by atoms with van der Waals surface area (Å²) < 4.78 is 5.19. The number of methoxy groups -OCH3 is 1. The number of nitrogens with one attached hydrogen (secondary N) is 1. The molecule has 1 amide bonds. The standard InChI is InChI=1S/C10H13ClN2O2/c1-6-3-7(11)4-8(10(6)15-2)13-5-9(12)14/h3-4,13H,5H2,1-2H3,(H2,12,14).